The van der Waals surface area contributed by atoms with Gasteiger partial charge < -0.3 is 19.5 Å². The Bertz CT molecular complexity index is 1030. The number of nitrogens with zero attached hydrogens (tertiary/aromatic N) is 1. The molecule has 2 aromatic carbocycles. The highest BCUT2D eigenvalue weighted by atomic mass is 19.4. The highest BCUT2D eigenvalue weighted by Gasteiger charge is 2.36. The van der Waals surface area contributed by atoms with Crippen LogP contribution in [0.3, 0.4) is 0 Å². The Hall–Kier alpha value is -3.83. The molecule has 0 spiro atoms. The molecule has 0 radical (unpaired) electrons. The van der Waals surface area contributed by atoms with Crippen LogP contribution < -0.4 is 14.8 Å². The predicted octanol–water partition coefficient (Wildman–Crippen LogP) is 3.32. The van der Waals surface area contributed by atoms with Crippen LogP contribution in [0.25, 0.3) is 0 Å². The van der Waals surface area contributed by atoms with Crippen LogP contribution in [0.4, 0.5) is 24.5 Å². The number of alkyl halides is 3. The zero-order valence-electron chi connectivity index (χ0n) is 15.8. The number of hydrogen-bond acceptors (Lipinski definition) is 7. The Morgan fingerprint density at radius 3 is 2.42 bits per heavy atom. The third kappa shape index (κ3) is 5.02. The van der Waals surface area contributed by atoms with Crippen molar-refractivity contribution in [2.75, 3.05) is 11.9 Å². The zero-order chi connectivity index (χ0) is 22.8. The van der Waals surface area contributed by atoms with E-state index in [4.69, 9.17) is 14.2 Å². The fourth-order valence-electron chi connectivity index (χ4n) is 2.75. The van der Waals surface area contributed by atoms with E-state index in [1.807, 2.05) is 0 Å². The maximum absolute atomic E-state index is 12.7. The monoisotopic (exact) mass is 440 g/mol. The lowest BCUT2D eigenvalue weighted by Gasteiger charge is -2.30. The van der Waals surface area contributed by atoms with Crippen LogP contribution in [0.1, 0.15) is 12.5 Å². The number of carbonyl (C=O) groups is 2. The number of fused-ring (bicyclic) bond motifs is 1. The molecular formula is C19H15F3N2O7. The van der Waals surface area contributed by atoms with Gasteiger partial charge in [0.2, 0.25) is 6.10 Å². The van der Waals surface area contributed by atoms with Crippen LogP contribution in [0.15, 0.2) is 42.5 Å². The van der Waals surface area contributed by atoms with Gasteiger partial charge in [0, 0.05) is 6.07 Å². The summed E-state index contributed by atoms with van der Waals surface area (Å²) in [5.74, 6) is -1.15. The van der Waals surface area contributed by atoms with E-state index in [0.29, 0.717) is 23.6 Å². The molecule has 0 aromatic heterocycles. The first-order valence-electron chi connectivity index (χ1n) is 8.80. The summed E-state index contributed by atoms with van der Waals surface area (Å²) in [4.78, 5) is 34.3. The summed E-state index contributed by atoms with van der Waals surface area (Å²) in [6, 6.07) is 8.26. The summed E-state index contributed by atoms with van der Waals surface area (Å²) in [6.45, 7) is 0.721. The Morgan fingerprint density at radius 1 is 1.16 bits per heavy atom. The van der Waals surface area contributed by atoms with Crippen molar-refractivity contribution in [3.63, 3.8) is 0 Å². The van der Waals surface area contributed by atoms with E-state index in [-0.39, 0.29) is 0 Å². The SMILES string of the molecule is CC1Oc2ccccc2OC1C(=O)OCC(=O)Nc1ccc(C(F)(F)F)cc1[N+](=O)[O-]. The van der Waals surface area contributed by atoms with Gasteiger partial charge in [-0.2, -0.15) is 13.2 Å². The van der Waals surface area contributed by atoms with Crippen molar-refractivity contribution >= 4 is 23.3 Å². The summed E-state index contributed by atoms with van der Waals surface area (Å²) >= 11 is 0. The molecule has 31 heavy (non-hydrogen) atoms. The van der Waals surface area contributed by atoms with Crippen molar-refractivity contribution < 1.29 is 41.9 Å². The number of nitro groups is 1. The number of amides is 1. The van der Waals surface area contributed by atoms with Crippen LogP contribution in [0, 0.1) is 10.1 Å². The first-order chi connectivity index (χ1) is 14.6. The van der Waals surface area contributed by atoms with Crippen molar-refractivity contribution in [1.29, 1.82) is 0 Å². The average molecular weight is 440 g/mol. The lowest BCUT2D eigenvalue weighted by atomic mass is 10.1. The van der Waals surface area contributed by atoms with Gasteiger partial charge in [0.15, 0.2) is 18.1 Å². The van der Waals surface area contributed by atoms with Crippen LogP contribution in [-0.2, 0) is 20.5 Å². The van der Waals surface area contributed by atoms with Crippen molar-refractivity contribution in [3.05, 3.63) is 58.1 Å². The van der Waals surface area contributed by atoms with Gasteiger partial charge in [-0.3, -0.25) is 14.9 Å². The summed E-state index contributed by atoms with van der Waals surface area (Å²) in [5.41, 5.74) is -2.67. The number of carbonyl (C=O) groups excluding carboxylic acids is 2. The molecule has 0 bridgehead atoms. The number of rotatable bonds is 5. The number of esters is 1. The molecule has 2 unspecified atom stereocenters. The molecule has 164 valence electrons. The van der Waals surface area contributed by atoms with Crippen LogP contribution in [0.2, 0.25) is 0 Å². The highest BCUT2D eigenvalue weighted by molar-refractivity contribution is 5.95. The normalized spacial score (nSPS) is 17.5. The summed E-state index contributed by atoms with van der Waals surface area (Å²) < 4.78 is 54.2. The molecule has 9 nitrogen and oxygen atoms in total. The van der Waals surface area contributed by atoms with Crippen molar-refractivity contribution in [3.8, 4) is 11.5 Å². The third-order valence-electron chi connectivity index (χ3n) is 4.22. The minimum absolute atomic E-state index is 0.300. The number of halogens is 3. The van der Waals surface area contributed by atoms with E-state index < -0.39 is 58.7 Å². The second-order valence-electron chi connectivity index (χ2n) is 6.45. The third-order valence-corrected chi connectivity index (χ3v) is 4.22. The highest BCUT2D eigenvalue weighted by Crippen LogP contribution is 2.35. The van der Waals surface area contributed by atoms with Gasteiger partial charge in [0.1, 0.15) is 11.8 Å². The van der Waals surface area contributed by atoms with Crippen molar-refractivity contribution in [1.82, 2.24) is 0 Å². The van der Waals surface area contributed by atoms with Gasteiger partial charge >= 0.3 is 12.1 Å². The molecular weight excluding hydrogens is 425 g/mol. The fourth-order valence-corrected chi connectivity index (χ4v) is 2.75. The molecule has 0 saturated heterocycles. The quantitative estimate of drug-likeness (QED) is 0.431. The molecule has 0 saturated carbocycles. The molecule has 12 heteroatoms. The number of para-hydroxylation sites is 2. The topological polar surface area (TPSA) is 117 Å². The lowest BCUT2D eigenvalue weighted by molar-refractivity contribution is -0.384. The average Bonchev–Trinajstić information content (AvgIpc) is 2.70. The van der Waals surface area contributed by atoms with E-state index in [2.05, 4.69) is 5.32 Å². The van der Waals surface area contributed by atoms with Gasteiger partial charge in [-0.15, -0.1) is 0 Å². The van der Waals surface area contributed by atoms with Gasteiger partial charge in [0.25, 0.3) is 11.6 Å². The Morgan fingerprint density at radius 2 is 1.81 bits per heavy atom. The second-order valence-corrected chi connectivity index (χ2v) is 6.45. The van der Waals surface area contributed by atoms with Crippen LogP contribution in [0.5, 0.6) is 11.5 Å². The molecule has 0 aliphatic carbocycles. The number of anilines is 1. The van der Waals surface area contributed by atoms with Gasteiger partial charge in [-0.25, -0.2) is 4.79 Å². The van der Waals surface area contributed by atoms with Crippen LogP contribution >= 0.6 is 0 Å². The fraction of sp³-hybridized carbons (Fsp3) is 0.263. The molecule has 0 fully saturated rings. The van der Waals surface area contributed by atoms with E-state index in [1.54, 1.807) is 31.2 Å². The van der Waals surface area contributed by atoms with E-state index >= 15 is 0 Å². The molecule has 1 heterocycles. The molecule has 2 atom stereocenters. The van der Waals surface area contributed by atoms with E-state index in [1.165, 1.54) is 0 Å². The smallest absolute Gasteiger partial charge is 0.416 e. The molecule has 1 amide bonds. The first-order valence-corrected chi connectivity index (χ1v) is 8.80. The molecule has 3 rings (SSSR count). The molecule has 2 aromatic rings. The summed E-state index contributed by atoms with van der Waals surface area (Å²) in [6.07, 6.45) is -6.68. The number of benzene rings is 2. The van der Waals surface area contributed by atoms with Crippen molar-refractivity contribution in [2.45, 2.75) is 25.3 Å². The van der Waals surface area contributed by atoms with E-state index in [9.17, 15) is 32.9 Å². The minimum Gasteiger partial charge on any atom is -0.482 e. The zero-order valence-corrected chi connectivity index (χ0v) is 15.8. The number of nitrogens with one attached hydrogen (secondary N) is 1. The number of hydrogen-bond donors (Lipinski definition) is 1. The summed E-state index contributed by atoms with van der Waals surface area (Å²) in [5, 5.41) is 13.1. The van der Waals surface area contributed by atoms with Crippen molar-refractivity contribution in [2.24, 2.45) is 0 Å². The Balaban J connectivity index is 1.63. The molecule has 1 aliphatic rings. The van der Waals surface area contributed by atoms with Gasteiger partial charge in [-0.05, 0) is 31.2 Å². The van der Waals surface area contributed by atoms with E-state index in [0.717, 1.165) is 6.07 Å². The maximum atomic E-state index is 12.7. The first kappa shape index (κ1) is 21.9. The molecule has 1 aliphatic heterocycles. The van der Waals surface area contributed by atoms with Gasteiger partial charge in [-0.1, -0.05) is 12.1 Å². The van der Waals surface area contributed by atoms with Gasteiger partial charge in [0.05, 0.1) is 10.5 Å². The number of ether oxygens (including phenoxy) is 3. The largest absolute Gasteiger partial charge is 0.482 e. The number of nitro benzene ring substituents is 1. The summed E-state index contributed by atoms with van der Waals surface area (Å²) in [7, 11) is 0. The Kier molecular flexibility index (Phi) is 5.99. The maximum Gasteiger partial charge on any atom is 0.416 e. The van der Waals surface area contributed by atoms with Crippen LogP contribution in [-0.4, -0.2) is 35.6 Å². The lowest BCUT2D eigenvalue weighted by Crippen LogP contribution is -2.45. The predicted molar refractivity (Wildman–Crippen MR) is 98.6 cm³/mol. The Labute approximate surface area is 172 Å². The second kappa shape index (κ2) is 8.50. The molecule has 1 N–H and O–H groups in total. The minimum atomic E-state index is -4.79. The standard InChI is InChI=1S/C19H15F3N2O7/c1-10-17(31-15-5-3-2-4-14(15)30-10)18(26)29-9-16(25)23-12-7-6-11(19(20,21)22)8-13(12)24(27)28/h2-8,10,17H,9H2,1H3,(H,23,25).